The zero-order chi connectivity index (χ0) is 23.9. The van der Waals surface area contributed by atoms with Crippen LogP contribution >= 0.6 is 0 Å². The second-order valence-electron chi connectivity index (χ2n) is 7.74. The molecule has 0 bridgehead atoms. The predicted octanol–water partition coefficient (Wildman–Crippen LogP) is 2.71. The Kier molecular flexibility index (Phi) is 8.80. The van der Waals surface area contributed by atoms with Gasteiger partial charge in [0.15, 0.2) is 0 Å². The highest BCUT2D eigenvalue weighted by Crippen LogP contribution is 2.29. The van der Waals surface area contributed by atoms with Gasteiger partial charge in [-0.1, -0.05) is 29.8 Å². The second kappa shape index (κ2) is 11.1. The quantitative estimate of drug-likeness (QED) is 0.472. The number of aryl methyl sites for hydroxylation is 2. The van der Waals surface area contributed by atoms with Crippen LogP contribution in [0.15, 0.2) is 42.5 Å². The largest absolute Gasteiger partial charge is 0.416 e. The van der Waals surface area contributed by atoms with Gasteiger partial charge in [0.2, 0.25) is 5.91 Å². The molecule has 9 heteroatoms. The van der Waals surface area contributed by atoms with Crippen LogP contribution in [0.2, 0.25) is 0 Å². The number of benzene rings is 2. The summed E-state index contributed by atoms with van der Waals surface area (Å²) in [7, 11) is 0. The van der Waals surface area contributed by atoms with E-state index in [4.69, 9.17) is 0 Å². The summed E-state index contributed by atoms with van der Waals surface area (Å²) in [6.45, 7) is 5.95. The lowest BCUT2D eigenvalue weighted by Gasteiger charge is -2.22. The van der Waals surface area contributed by atoms with Gasteiger partial charge < -0.3 is 21.1 Å². The van der Waals surface area contributed by atoms with Crippen LogP contribution in [0.5, 0.6) is 0 Å². The summed E-state index contributed by atoms with van der Waals surface area (Å²) in [5, 5.41) is 18.1. The Hall–Kier alpha value is -2.91. The van der Waals surface area contributed by atoms with Crippen molar-refractivity contribution in [3.63, 3.8) is 0 Å². The van der Waals surface area contributed by atoms with Crippen molar-refractivity contribution in [3.05, 3.63) is 70.3 Å². The molecule has 0 aliphatic heterocycles. The van der Waals surface area contributed by atoms with Crippen molar-refractivity contribution < 1.29 is 27.9 Å². The van der Waals surface area contributed by atoms with E-state index in [-0.39, 0.29) is 12.1 Å². The Morgan fingerprint density at radius 3 is 2.44 bits per heavy atom. The van der Waals surface area contributed by atoms with E-state index in [0.29, 0.717) is 6.54 Å². The van der Waals surface area contributed by atoms with Gasteiger partial charge in [-0.25, -0.2) is 0 Å². The third kappa shape index (κ3) is 7.65. The van der Waals surface area contributed by atoms with Gasteiger partial charge in [-0.2, -0.15) is 13.2 Å². The molecule has 4 N–H and O–H groups in total. The molecular weight excluding hydrogens is 423 g/mol. The maximum Gasteiger partial charge on any atom is 0.416 e. The lowest BCUT2D eigenvalue weighted by atomic mass is 10.1. The van der Waals surface area contributed by atoms with Crippen molar-refractivity contribution in [2.24, 2.45) is 0 Å². The Morgan fingerprint density at radius 2 is 1.81 bits per heavy atom. The fraction of sp³-hybridized carbons (Fsp3) is 0.391. The van der Waals surface area contributed by atoms with Crippen molar-refractivity contribution in [3.8, 4) is 0 Å². The highest BCUT2D eigenvalue weighted by atomic mass is 19.4. The Labute approximate surface area is 185 Å². The zero-order valence-electron chi connectivity index (χ0n) is 18.2. The summed E-state index contributed by atoms with van der Waals surface area (Å²) in [5.41, 5.74) is 2.24. The molecule has 2 aromatic carbocycles. The van der Waals surface area contributed by atoms with Gasteiger partial charge in [-0.3, -0.25) is 9.59 Å². The Balaban J connectivity index is 1.85. The van der Waals surface area contributed by atoms with Crippen molar-refractivity contribution in [2.45, 2.75) is 45.6 Å². The van der Waals surface area contributed by atoms with Gasteiger partial charge in [0.1, 0.15) is 0 Å². The lowest BCUT2D eigenvalue weighted by Crippen LogP contribution is -2.50. The number of nitrogens with one attached hydrogen (secondary N) is 3. The number of aliphatic hydroxyl groups is 1. The molecule has 2 aromatic rings. The van der Waals surface area contributed by atoms with Crippen LogP contribution in [0, 0.1) is 13.8 Å². The molecule has 0 aliphatic carbocycles. The van der Waals surface area contributed by atoms with E-state index < -0.39 is 42.2 Å². The SMILES string of the molecule is Cc1ccc(CNC[C@@H](NC(=O)CNC(=O)c2cccc(C(F)(F)F)c2)[C@H](C)O)c(C)c1. The van der Waals surface area contributed by atoms with Crippen molar-refractivity contribution in [1.82, 2.24) is 16.0 Å². The van der Waals surface area contributed by atoms with Gasteiger partial charge >= 0.3 is 6.18 Å². The molecule has 0 saturated heterocycles. The molecule has 0 aromatic heterocycles. The smallest absolute Gasteiger partial charge is 0.391 e. The van der Waals surface area contributed by atoms with Crippen LogP contribution in [0.25, 0.3) is 0 Å². The molecule has 174 valence electrons. The number of halogens is 3. The first kappa shape index (κ1) is 25.4. The third-order valence-corrected chi connectivity index (χ3v) is 4.97. The standard InChI is InChI=1S/C23H28F3N3O3/c1-14-7-8-18(15(2)9-14)11-27-12-20(16(3)30)29-21(31)13-28-22(32)17-5-4-6-19(10-17)23(24,25)26/h4-10,16,20,27,30H,11-13H2,1-3H3,(H,28,32)(H,29,31)/t16-,20+/m0/s1. The number of alkyl halides is 3. The van der Waals surface area contributed by atoms with Crippen molar-refractivity contribution >= 4 is 11.8 Å². The predicted molar refractivity (Wildman–Crippen MR) is 115 cm³/mol. The summed E-state index contributed by atoms with van der Waals surface area (Å²) < 4.78 is 38.4. The van der Waals surface area contributed by atoms with Gasteiger partial charge in [0.25, 0.3) is 5.91 Å². The van der Waals surface area contributed by atoms with Crippen LogP contribution < -0.4 is 16.0 Å². The summed E-state index contributed by atoms with van der Waals surface area (Å²) in [6.07, 6.45) is -5.42. The zero-order valence-corrected chi connectivity index (χ0v) is 18.2. The summed E-state index contributed by atoms with van der Waals surface area (Å²) in [5.74, 6) is -1.36. The summed E-state index contributed by atoms with van der Waals surface area (Å²) in [6, 6.07) is 9.42. The number of hydrogen-bond donors (Lipinski definition) is 4. The normalized spacial score (nSPS) is 13.3. The maximum absolute atomic E-state index is 12.8. The first-order valence-corrected chi connectivity index (χ1v) is 10.2. The van der Waals surface area contributed by atoms with E-state index in [1.165, 1.54) is 13.0 Å². The second-order valence-corrected chi connectivity index (χ2v) is 7.74. The number of aliphatic hydroxyl groups excluding tert-OH is 1. The van der Waals surface area contributed by atoms with Crippen molar-refractivity contribution in [2.75, 3.05) is 13.1 Å². The number of hydrogen-bond acceptors (Lipinski definition) is 4. The fourth-order valence-corrected chi connectivity index (χ4v) is 3.11. The minimum Gasteiger partial charge on any atom is -0.391 e. The molecule has 2 amide bonds. The van der Waals surface area contributed by atoms with Crippen LogP contribution in [0.1, 0.15) is 39.5 Å². The average Bonchev–Trinajstić information content (AvgIpc) is 2.72. The van der Waals surface area contributed by atoms with Crippen LogP contribution in [0.3, 0.4) is 0 Å². The van der Waals surface area contributed by atoms with E-state index in [1.807, 2.05) is 26.0 Å². The molecule has 0 aliphatic rings. The van der Waals surface area contributed by atoms with Crippen LogP contribution in [0.4, 0.5) is 13.2 Å². The molecule has 0 radical (unpaired) electrons. The minimum atomic E-state index is -4.57. The monoisotopic (exact) mass is 451 g/mol. The minimum absolute atomic E-state index is 0.199. The fourth-order valence-electron chi connectivity index (χ4n) is 3.11. The molecular formula is C23H28F3N3O3. The summed E-state index contributed by atoms with van der Waals surface area (Å²) >= 11 is 0. The van der Waals surface area contributed by atoms with Gasteiger partial charge in [-0.05, 0) is 50.1 Å². The number of rotatable bonds is 9. The van der Waals surface area contributed by atoms with Crippen molar-refractivity contribution in [1.29, 1.82) is 0 Å². The number of amides is 2. The molecule has 2 rings (SSSR count). The first-order chi connectivity index (χ1) is 15.0. The lowest BCUT2D eigenvalue weighted by molar-refractivity contribution is -0.137. The average molecular weight is 451 g/mol. The van der Waals surface area contributed by atoms with E-state index in [9.17, 15) is 27.9 Å². The molecule has 2 atom stereocenters. The van der Waals surface area contributed by atoms with Gasteiger partial charge in [0, 0.05) is 18.7 Å². The molecule has 0 spiro atoms. The number of carbonyl (C=O) groups is 2. The van der Waals surface area contributed by atoms with Gasteiger partial charge in [-0.15, -0.1) is 0 Å². The van der Waals surface area contributed by atoms with E-state index in [2.05, 4.69) is 22.0 Å². The van der Waals surface area contributed by atoms with E-state index >= 15 is 0 Å². The molecule has 0 fully saturated rings. The number of carbonyl (C=O) groups excluding carboxylic acids is 2. The molecule has 0 unspecified atom stereocenters. The highest BCUT2D eigenvalue weighted by Gasteiger charge is 2.31. The first-order valence-electron chi connectivity index (χ1n) is 10.2. The third-order valence-electron chi connectivity index (χ3n) is 4.97. The molecule has 0 heterocycles. The van der Waals surface area contributed by atoms with Crippen LogP contribution in [-0.4, -0.2) is 42.2 Å². The molecule has 32 heavy (non-hydrogen) atoms. The van der Waals surface area contributed by atoms with Crippen LogP contribution in [-0.2, 0) is 17.5 Å². The highest BCUT2D eigenvalue weighted by molar-refractivity contribution is 5.96. The molecule has 6 nitrogen and oxygen atoms in total. The Morgan fingerprint density at radius 1 is 1.09 bits per heavy atom. The maximum atomic E-state index is 12.8. The summed E-state index contributed by atoms with van der Waals surface area (Å²) in [4.78, 5) is 24.3. The van der Waals surface area contributed by atoms with E-state index in [0.717, 1.165) is 34.9 Å². The van der Waals surface area contributed by atoms with Gasteiger partial charge in [0.05, 0.1) is 24.3 Å². The Bertz CT molecular complexity index is 946. The van der Waals surface area contributed by atoms with E-state index in [1.54, 1.807) is 0 Å². The molecule has 0 saturated carbocycles. The topological polar surface area (TPSA) is 90.5 Å².